The Bertz CT molecular complexity index is 16.0. The minimum atomic E-state index is -2.17. The molecule has 0 saturated heterocycles. The normalized spacial score (nSPS) is 3.38. The van der Waals surface area contributed by atoms with Crippen LogP contribution in [0.4, 0.5) is 0 Å². The molecule has 0 aliphatic carbocycles. The van der Waals surface area contributed by atoms with Crippen LogP contribution in [0, 0.1) is 0 Å². The average molecular weight is 93.6 g/mol. The van der Waals surface area contributed by atoms with E-state index in [1.165, 1.54) is 0 Å². The summed E-state index contributed by atoms with van der Waals surface area (Å²) in [5.74, 6) is 0. The zero-order chi connectivity index (χ0) is 3.58. The van der Waals surface area contributed by atoms with Gasteiger partial charge in [-0.05, 0) is 0 Å². The first-order chi connectivity index (χ1) is 1.73. The summed E-state index contributed by atoms with van der Waals surface area (Å²) in [5, 5.41) is 21.5. The van der Waals surface area contributed by atoms with Gasteiger partial charge in [0.05, 0.1) is 0 Å². The molecular weight excluding hydrogens is 86.6 g/mol. The van der Waals surface area contributed by atoms with Crippen LogP contribution in [-0.4, -0.2) is 97.8 Å². The summed E-state index contributed by atoms with van der Waals surface area (Å²) in [6.45, 7) is 0. The van der Waals surface area contributed by atoms with E-state index in [-0.39, 0.29) is 75.4 Å². The summed E-state index contributed by atoms with van der Waals surface area (Å²) >= 11 is 0. The van der Waals surface area contributed by atoms with Crippen molar-refractivity contribution >= 4 is 82.8 Å². The topological polar surface area (TPSA) is 60.7 Å². The molecule has 0 spiro atoms. The van der Waals surface area contributed by atoms with Crippen LogP contribution in [0.5, 0.6) is 0 Å². The molecule has 0 rings (SSSR count). The fourth-order valence-electron chi connectivity index (χ4n) is 0. The molecule has 0 amide bonds. The Balaban J connectivity index is -0.00000000750. The van der Waals surface area contributed by atoms with Gasteiger partial charge in [0.15, 0.2) is 0 Å². The molecule has 0 aliphatic heterocycles. The molecule has 8 heteroatoms. The van der Waals surface area contributed by atoms with Gasteiger partial charge >= 0.3 is 82.8 Å². The quantitative estimate of drug-likeness (QED) is 0.264. The summed E-state index contributed by atoms with van der Waals surface area (Å²) < 4.78 is 0. The Kier molecular flexibility index (Phi) is 90.1. The fraction of sp³-hybridized carbons (Fsp3) is 0. The second-order valence-corrected chi connectivity index (χ2v) is 0.346. The van der Waals surface area contributed by atoms with Crippen LogP contribution in [0.1, 0.15) is 0 Å². The number of hydrogen-bond donors (Lipinski definition) is 3. The fourth-order valence-corrected chi connectivity index (χ4v) is 0. The van der Waals surface area contributed by atoms with Gasteiger partial charge in [0, 0.05) is 0 Å². The Hall–Kier alpha value is 2.33. The molecule has 0 unspecified atom stereocenters. The summed E-state index contributed by atoms with van der Waals surface area (Å²) in [6, 6.07) is 0. The third-order valence-corrected chi connectivity index (χ3v) is 0. The molecule has 0 aromatic heterocycles. The van der Waals surface area contributed by atoms with E-state index in [1.807, 2.05) is 0 Å². The molecule has 0 aromatic rings. The molecule has 0 bridgehead atoms. The van der Waals surface area contributed by atoms with E-state index in [4.69, 9.17) is 15.1 Å². The first-order valence-corrected chi connectivity index (χ1v) is 0.775. The van der Waals surface area contributed by atoms with Gasteiger partial charge in [-0.15, -0.1) is 0 Å². The van der Waals surface area contributed by atoms with E-state index < -0.39 is 7.32 Å². The summed E-state index contributed by atoms with van der Waals surface area (Å²) in [4.78, 5) is 0. The van der Waals surface area contributed by atoms with E-state index in [1.54, 1.807) is 0 Å². The van der Waals surface area contributed by atoms with E-state index in [0.29, 0.717) is 0 Å². The Labute approximate surface area is 96.9 Å². The minimum absolute atomic E-state index is 0. The predicted molar refractivity (Wildman–Crippen MR) is 41.0 cm³/mol. The standard InChI is InChI=1S/BH3O3.4Li.4H/c2-1(3)4;;;;;;;;/h2-4H;;;;;;;;. The zero-order valence-electron chi connectivity index (χ0n) is 1.92. The van der Waals surface area contributed by atoms with Crippen molar-refractivity contribution in [2.24, 2.45) is 0 Å². The molecule has 0 saturated carbocycles. The van der Waals surface area contributed by atoms with Crippen molar-refractivity contribution in [3.8, 4) is 0 Å². The maximum atomic E-state index is 7.17. The van der Waals surface area contributed by atoms with Gasteiger partial charge in [0.1, 0.15) is 0 Å². The summed E-state index contributed by atoms with van der Waals surface area (Å²) in [5.41, 5.74) is 0. The first-order valence-electron chi connectivity index (χ1n) is 0.775. The van der Waals surface area contributed by atoms with Crippen molar-refractivity contribution in [1.82, 2.24) is 0 Å². The van der Waals surface area contributed by atoms with Gasteiger partial charge in [-0.1, -0.05) is 0 Å². The second-order valence-electron chi connectivity index (χ2n) is 0.346. The van der Waals surface area contributed by atoms with Gasteiger partial charge < -0.3 is 15.1 Å². The molecule has 32 valence electrons. The maximum absolute atomic E-state index is 7.17. The third kappa shape index (κ3) is 82.3. The van der Waals surface area contributed by atoms with Crippen LogP contribution in [0.2, 0.25) is 0 Å². The molecule has 0 radical (unpaired) electrons. The van der Waals surface area contributed by atoms with Crippen molar-refractivity contribution in [2.45, 2.75) is 0 Å². The van der Waals surface area contributed by atoms with Gasteiger partial charge in [-0.2, -0.15) is 0 Å². The van der Waals surface area contributed by atoms with E-state index >= 15 is 0 Å². The first kappa shape index (κ1) is 31.6. The van der Waals surface area contributed by atoms with Gasteiger partial charge in [0.25, 0.3) is 0 Å². The van der Waals surface area contributed by atoms with Gasteiger partial charge in [0.2, 0.25) is 0 Å². The Morgan fingerprint density at radius 1 is 0.625 bits per heavy atom. The van der Waals surface area contributed by atoms with E-state index in [9.17, 15) is 0 Å². The van der Waals surface area contributed by atoms with Crippen LogP contribution in [0.3, 0.4) is 0 Å². The Morgan fingerprint density at radius 3 is 0.625 bits per heavy atom. The molecule has 3 nitrogen and oxygen atoms in total. The predicted octanol–water partition coefficient (Wildman–Crippen LogP) is -4.65. The van der Waals surface area contributed by atoms with Crippen LogP contribution in [0.25, 0.3) is 0 Å². The zero-order valence-corrected chi connectivity index (χ0v) is 1.92. The molecule has 3 N–H and O–H groups in total. The van der Waals surface area contributed by atoms with Gasteiger partial charge in [-0.25, -0.2) is 0 Å². The Morgan fingerprint density at radius 2 is 0.625 bits per heavy atom. The van der Waals surface area contributed by atoms with Crippen LogP contribution in [-0.2, 0) is 0 Å². The average Bonchev–Trinajstić information content (AvgIpc) is 0.811. The van der Waals surface area contributed by atoms with Crippen molar-refractivity contribution in [3.63, 3.8) is 0 Å². The molecule has 0 heterocycles. The van der Waals surface area contributed by atoms with Crippen LogP contribution < -0.4 is 0 Å². The van der Waals surface area contributed by atoms with Crippen molar-refractivity contribution < 1.29 is 15.1 Å². The molecule has 0 aliphatic rings. The van der Waals surface area contributed by atoms with E-state index in [2.05, 4.69) is 0 Å². The van der Waals surface area contributed by atoms with Crippen molar-refractivity contribution in [1.29, 1.82) is 0 Å². The summed E-state index contributed by atoms with van der Waals surface area (Å²) in [7, 11) is -2.17. The number of hydrogen-bond acceptors (Lipinski definition) is 3. The molecule has 0 aromatic carbocycles. The van der Waals surface area contributed by atoms with Crippen LogP contribution in [0.15, 0.2) is 0 Å². The van der Waals surface area contributed by atoms with Crippen molar-refractivity contribution in [3.05, 3.63) is 0 Å². The van der Waals surface area contributed by atoms with E-state index in [0.717, 1.165) is 0 Å². The number of rotatable bonds is 0. The monoisotopic (exact) mass is 94.1 g/mol. The SMILES string of the molecule is OB(O)O.[LiH].[LiH].[LiH].[LiH]. The molecule has 8 heavy (non-hydrogen) atoms. The molecule has 0 atom stereocenters. The van der Waals surface area contributed by atoms with Gasteiger partial charge in [-0.3, -0.25) is 0 Å². The third-order valence-electron chi connectivity index (χ3n) is 0. The second kappa shape index (κ2) is 22.8. The summed E-state index contributed by atoms with van der Waals surface area (Å²) in [6.07, 6.45) is 0. The molecular formula is H7BLi4O3. The molecule has 0 fully saturated rings. The van der Waals surface area contributed by atoms with Crippen molar-refractivity contribution in [2.75, 3.05) is 0 Å². The van der Waals surface area contributed by atoms with Crippen LogP contribution >= 0.6 is 0 Å².